The maximum atomic E-state index is 13.0. The van der Waals surface area contributed by atoms with Crippen molar-refractivity contribution in [3.05, 3.63) is 59.7 Å². The fourth-order valence-corrected chi connectivity index (χ4v) is 4.06. The predicted octanol–water partition coefficient (Wildman–Crippen LogP) is 2.96. The number of nitrogens with zero attached hydrogens (tertiary/aromatic N) is 1. The molecule has 2 aromatic carbocycles. The number of ether oxygens (including phenoxy) is 1. The number of aryl methyl sites for hydroxylation is 1. The Balaban J connectivity index is 2.39. The van der Waals surface area contributed by atoms with E-state index in [1.807, 2.05) is 0 Å². The average Bonchev–Trinajstić information content (AvgIpc) is 2.66. The minimum Gasteiger partial charge on any atom is -0.465 e. The van der Waals surface area contributed by atoms with Crippen LogP contribution in [0, 0.1) is 6.92 Å². The molecule has 0 aromatic heterocycles. The van der Waals surface area contributed by atoms with Gasteiger partial charge in [-0.3, -0.25) is 9.10 Å². The number of amides is 1. The Kier molecular flexibility index (Phi) is 6.80. The Bertz CT molecular complexity index is 958. The van der Waals surface area contributed by atoms with Gasteiger partial charge in [-0.05, 0) is 43.2 Å². The van der Waals surface area contributed by atoms with Crippen LogP contribution >= 0.6 is 0 Å². The number of sulfonamides is 1. The highest BCUT2D eigenvalue weighted by atomic mass is 32.2. The normalized spacial score (nSPS) is 12.1. The molecule has 0 aliphatic carbocycles. The second-order valence-electron chi connectivity index (χ2n) is 6.33. The van der Waals surface area contributed by atoms with E-state index in [1.165, 1.54) is 13.2 Å². The summed E-state index contributed by atoms with van der Waals surface area (Å²) in [7, 11) is -2.43. The van der Waals surface area contributed by atoms with Crippen LogP contribution in [-0.4, -0.2) is 39.7 Å². The van der Waals surface area contributed by atoms with E-state index < -0.39 is 27.9 Å². The van der Waals surface area contributed by atoms with Crippen molar-refractivity contribution < 1.29 is 22.7 Å². The number of methoxy groups -OCH3 is 1. The number of carbonyl (C=O) groups is 2. The number of hydrogen-bond acceptors (Lipinski definition) is 5. The minimum atomic E-state index is -3.70. The van der Waals surface area contributed by atoms with Crippen molar-refractivity contribution in [3.63, 3.8) is 0 Å². The summed E-state index contributed by atoms with van der Waals surface area (Å²) >= 11 is 0. The molecule has 0 heterocycles. The molecule has 2 rings (SSSR count). The van der Waals surface area contributed by atoms with Gasteiger partial charge in [0.25, 0.3) is 0 Å². The van der Waals surface area contributed by atoms with Crippen LogP contribution in [0.5, 0.6) is 0 Å². The number of hydrogen-bond donors (Lipinski definition) is 1. The quantitative estimate of drug-likeness (QED) is 0.716. The summed E-state index contributed by atoms with van der Waals surface area (Å²) < 4.78 is 30.7. The molecule has 0 aliphatic heterocycles. The van der Waals surface area contributed by atoms with E-state index in [-0.39, 0.29) is 6.42 Å². The largest absolute Gasteiger partial charge is 0.465 e. The standard InChI is InChI=1S/C20H24N2O5S/c1-5-18(22(28(4,25)26)16-9-7-6-8-10-16)19(23)21-17-13-15(20(24)27-3)12-11-14(17)2/h6-13,18H,5H2,1-4H3,(H,21,23)/t18-/m1/s1. The van der Waals surface area contributed by atoms with E-state index in [0.717, 1.165) is 16.1 Å². The van der Waals surface area contributed by atoms with Crippen molar-refractivity contribution in [3.8, 4) is 0 Å². The van der Waals surface area contributed by atoms with Crippen LogP contribution in [0.1, 0.15) is 29.3 Å². The first-order chi connectivity index (χ1) is 13.2. The van der Waals surface area contributed by atoms with Crippen LogP contribution in [0.4, 0.5) is 11.4 Å². The lowest BCUT2D eigenvalue weighted by Gasteiger charge is -2.30. The Morgan fingerprint density at radius 3 is 2.32 bits per heavy atom. The Hall–Kier alpha value is -2.87. The molecule has 1 atom stereocenters. The number of anilines is 2. The van der Waals surface area contributed by atoms with Crippen LogP contribution in [0.25, 0.3) is 0 Å². The van der Waals surface area contributed by atoms with Gasteiger partial charge in [-0.25, -0.2) is 13.2 Å². The van der Waals surface area contributed by atoms with Gasteiger partial charge in [-0.15, -0.1) is 0 Å². The second-order valence-corrected chi connectivity index (χ2v) is 8.19. The van der Waals surface area contributed by atoms with E-state index in [4.69, 9.17) is 4.74 Å². The number of esters is 1. The number of benzene rings is 2. The lowest BCUT2D eigenvalue weighted by Crippen LogP contribution is -2.47. The third-order valence-electron chi connectivity index (χ3n) is 4.26. The summed E-state index contributed by atoms with van der Waals surface area (Å²) in [5.41, 5.74) is 1.86. The van der Waals surface area contributed by atoms with Crippen LogP contribution in [-0.2, 0) is 19.6 Å². The van der Waals surface area contributed by atoms with Gasteiger partial charge in [0.15, 0.2) is 0 Å². The summed E-state index contributed by atoms with van der Waals surface area (Å²) in [6.45, 7) is 3.52. The van der Waals surface area contributed by atoms with Crippen LogP contribution in [0.15, 0.2) is 48.5 Å². The molecule has 0 saturated heterocycles. The monoisotopic (exact) mass is 404 g/mol. The van der Waals surface area contributed by atoms with Crippen molar-refractivity contribution in [2.45, 2.75) is 26.3 Å². The lowest BCUT2D eigenvalue weighted by atomic mass is 10.1. The Morgan fingerprint density at radius 1 is 1.14 bits per heavy atom. The lowest BCUT2D eigenvalue weighted by molar-refractivity contribution is -0.117. The molecule has 0 spiro atoms. The average molecular weight is 404 g/mol. The van der Waals surface area contributed by atoms with Crippen LogP contribution in [0.2, 0.25) is 0 Å². The summed E-state index contributed by atoms with van der Waals surface area (Å²) in [5, 5.41) is 2.75. The molecule has 2 aromatic rings. The minimum absolute atomic E-state index is 0.267. The molecular weight excluding hydrogens is 380 g/mol. The van der Waals surface area contributed by atoms with E-state index in [1.54, 1.807) is 56.3 Å². The molecule has 8 heteroatoms. The molecule has 1 amide bonds. The number of rotatable bonds is 7. The maximum Gasteiger partial charge on any atom is 0.337 e. The number of carbonyl (C=O) groups excluding carboxylic acids is 2. The van der Waals surface area contributed by atoms with Crippen LogP contribution in [0.3, 0.4) is 0 Å². The number of para-hydroxylation sites is 1. The molecule has 0 saturated carbocycles. The first-order valence-corrected chi connectivity index (χ1v) is 10.6. The molecular formula is C20H24N2O5S. The van der Waals surface area contributed by atoms with Gasteiger partial charge >= 0.3 is 5.97 Å². The summed E-state index contributed by atoms with van der Waals surface area (Å²) in [5.74, 6) is -1.01. The van der Waals surface area contributed by atoms with E-state index in [0.29, 0.717) is 16.9 Å². The van der Waals surface area contributed by atoms with Gasteiger partial charge in [-0.1, -0.05) is 31.2 Å². The molecule has 7 nitrogen and oxygen atoms in total. The van der Waals surface area contributed by atoms with Gasteiger partial charge in [0, 0.05) is 5.69 Å². The molecule has 150 valence electrons. The molecule has 0 radical (unpaired) electrons. The smallest absolute Gasteiger partial charge is 0.337 e. The molecule has 28 heavy (non-hydrogen) atoms. The second kappa shape index (κ2) is 8.88. The van der Waals surface area contributed by atoms with Gasteiger partial charge in [0.05, 0.1) is 24.6 Å². The molecule has 0 aliphatic rings. The third kappa shape index (κ3) is 4.89. The SMILES string of the molecule is CC[C@H](C(=O)Nc1cc(C(=O)OC)ccc1C)N(c1ccccc1)S(C)(=O)=O. The Labute approximate surface area is 165 Å². The predicted molar refractivity (Wildman–Crippen MR) is 109 cm³/mol. The van der Waals surface area contributed by atoms with Gasteiger partial charge in [0.2, 0.25) is 15.9 Å². The van der Waals surface area contributed by atoms with Gasteiger partial charge < -0.3 is 10.1 Å². The first kappa shape index (κ1) is 21.4. The fourth-order valence-electron chi connectivity index (χ4n) is 2.85. The molecule has 1 N–H and O–H groups in total. The summed E-state index contributed by atoms with van der Waals surface area (Å²) in [6.07, 6.45) is 1.34. The van der Waals surface area contributed by atoms with E-state index in [9.17, 15) is 18.0 Å². The molecule has 0 bridgehead atoms. The highest BCUT2D eigenvalue weighted by molar-refractivity contribution is 7.92. The highest BCUT2D eigenvalue weighted by Crippen LogP contribution is 2.24. The fraction of sp³-hybridized carbons (Fsp3) is 0.300. The van der Waals surface area contributed by atoms with Crippen molar-refractivity contribution in [1.82, 2.24) is 0 Å². The van der Waals surface area contributed by atoms with Gasteiger partial charge in [-0.2, -0.15) is 0 Å². The zero-order chi connectivity index (χ0) is 20.9. The molecule has 0 unspecified atom stereocenters. The van der Waals surface area contributed by atoms with Crippen molar-refractivity contribution >= 4 is 33.3 Å². The molecule has 0 fully saturated rings. The van der Waals surface area contributed by atoms with Crippen molar-refractivity contribution in [2.24, 2.45) is 0 Å². The maximum absolute atomic E-state index is 13.0. The van der Waals surface area contributed by atoms with Gasteiger partial charge in [0.1, 0.15) is 6.04 Å². The Morgan fingerprint density at radius 2 is 1.79 bits per heavy atom. The summed E-state index contributed by atoms with van der Waals surface area (Å²) in [4.78, 5) is 24.7. The topological polar surface area (TPSA) is 92.8 Å². The van der Waals surface area contributed by atoms with Crippen molar-refractivity contribution in [1.29, 1.82) is 0 Å². The van der Waals surface area contributed by atoms with E-state index >= 15 is 0 Å². The van der Waals surface area contributed by atoms with E-state index in [2.05, 4.69) is 5.32 Å². The van der Waals surface area contributed by atoms with Crippen LogP contribution < -0.4 is 9.62 Å². The highest BCUT2D eigenvalue weighted by Gasteiger charge is 2.31. The first-order valence-electron chi connectivity index (χ1n) is 8.73. The zero-order valence-electron chi connectivity index (χ0n) is 16.3. The summed E-state index contributed by atoms with van der Waals surface area (Å²) in [6, 6.07) is 12.3. The number of nitrogens with one attached hydrogen (secondary N) is 1. The van der Waals surface area contributed by atoms with Crippen molar-refractivity contribution in [2.75, 3.05) is 23.0 Å². The zero-order valence-corrected chi connectivity index (χ0v) is 17.1. The third-order valence-corrected chi connectivity index (χ3v) is 5.44.